The molecule has 8 heteroatoms. The Balaban J connectivity index is 2.01. The molecule has 0 bridgehead atoms. The molecule has 2 aliphatic rings. The first kappa shape index (κ1) is 14.7. The first-order valence-electron chi connectivity index (χ1n) is 6.40. The van der Waals surface area contributed by atoms with Crippen molar-refractivity contribution in [3.8, 4) is 0 Å². The number of nitrogens with one attached hydrogen (secondary N) is 1. The number of nitrogens with two attached hydrogens (primary N) is 2. The van der Waals surface area contributed by atoms with Gasteiger partial charge in [0, 0.05) is 18.8 Å². The summed E-state index contributed by atoms with van der Waals surface area (Å²) in [4.78, 5) is 34.1. The van der Waals surface area contributed by atoms with E-state index >= 15 is 0 Å². The Hall–Kier alpha value is -1.67. The number of aliphatic hydroxyl groups excluding tert-OH is 1. The summed E-state index contributed by atoms with van der Waals surface area (Å²) in [5.74, 6) is -2.97. The van der Waals surface area contributed by atoms with Gasteiger partial charge in [0.2, 0.25) is 11.8 Å². The van der Waals surface area contributed by atoms with Crippen LogP contribution in [-0.2, 0) is 14.4 Å². The summed E-state index contributed by atoms with van der Waals surface area (Å²) in [6, 6.07) is -1.01. The largest absolute Gasteiger partial charge is 0.479 e. The Kier molecular flexibility index (Phi) is 3.70. The minimum absolute atomic E-state index is 0.0392. The maximum absolute atomic E-state index is 11.9. The number of carbonyl (C=O) groups excluding carboxylic acids is 2. The van der Waals surface area contributed by atoms with Crippen LogP contribution in [0.3, 0.4) is 0 Å². The van der Waals surface area contributed by atoms with E-state index in [1.807, 2.05) is 0 Å². The molecule has 2 aliphatic carbocycles. The zero-order valence-electron chi connectivity index (χ0n) is 10.8. The number of carbonyl (C=O) groups is 3. The second-order valence-electron chi connectivity index (χ2n) is 5.44. The summed E-state index contributed by atoms with van der Waals surface area (Å²) in [6.45, 7) is 0. The molecular formula is C12H18N3O5. The predicted molar refractivity (Wildman–Crippen MR) is 66.8 cm³/mol. The van der Waals surface area contributed by atoms with Gasteiger partial charge >= 0.3 is 5.97 Å². The van der Waals surface area contributed by atoms with E-state index in [0.717, 1.165) is 0 Å². The zero-order chi connectivity index (χ0) is 15.1. The van der Waals surface area contributed by atoms with Crippen molar-refractivity contribution >= 4 is 17.8 Å². The topological polar surface area (TPSA) is 156 Å². The van der Waals surface area contributed by atoms with Gasteiger partial charge in [0.25, 0.3) is 0 Å². The number of aliphatic carboxylic acids is 1. The number of rotatable bonds is 6. The van der Waals surface area contributed by atoms with Crippen LogP contribution in [0, 0.1) is 18.3 Å². The first-order chi connectivity index (χ1) is 9.28. The number of carboxylic acids is 1. The van der Waals surface area contributed by atoms with Gasteiger partial charge in [-0.3, -0.25) is 9.59 Å². The highest BCUT2D eigenvalue weighted by Crippen LogP contribution is 2.56. The van der Waals surface area contributed by atoms with Crippen LogP contribution in [0.2, 0.25) is 0 Å². The first-order valence-corrected chi connectivity index (χ1v) is 6.40. The minimum Gasteiger partial charge on any atom is -0.479 e. The second kappa shape index (κ2) is 5.02. The van der Waals surface area contributed by atoms with Crippen LogP contribution in [0.1, 0.15) is 19.3 Å². The lowest BCUT2D eigenvalue weighted by Crippen LogP contribution is -2.59. The van der Waals surface area contributed by atoms with E-state index in [2.05, 4.69) is 5.32 Å². The van der Waals surface area contributed by atoms with Crippen molar-refractivity contribution in [2.45, 2.75) is 36.9 Å². The molecule has 0 aromatic heterocycles. The van der Waals surface area contributed by atoms with Gasteiger partial charge in [-0.05, 0) is 18.8 Å². The lowest BCUT2D eigenvalue weighted by molar-refractivity contribution is -0.149. The summed E-state index contributed by atoms with van der Waals surface area (Å²) < 4.78 is 0. The number of hydrogen-bond donors (Lipinski definition) is 5. The van der Waals surface area contributed by atoms with Gasteiger partial charge in [-0.15, -0.1) is 0 Å². The average molecular weight is 284 g/mol. The number of aliphatic hydroxyl groups is 1. The monoisotopic (exact) mass is 284 g/mol. The van der Waals surface area contributed by atoms with Crippen LogP contribution in [-0.4, -0.2) is 45.7 Å². The Morgan fingerprint density at radius 1 is 1.45 bits per heavy atom. The van der Waals surface area contributed by atoms with E-state index in [-0.39, 0.29) is 31.1 Å². The standard InChI is InChI=1S/C12H18N3O5/c13-7(1-2-9(14)17)10(18)15-12(11(19)20)4-8(16)5-3-6(5)12/h3,5-8,16H,1-2,4,13H2,(H2,14,17)(H,15,18)(H,19,20)/t5-,6+,7-,8-,12-/m0/s1. The van der Waals surface area contributed by atoms with Gasteiger partial charge in [0.05, 0.1) is 12.1 Å². The number of fused-ring (bicyclic) bond motifs is 1. The van der Waals surface area contributed by atoms with E-state index in [9.17, 15) is 24.6 Å². The molecule has 2 fully saturated rings. The molecule has 0 spiro atoms. The third-order valence-corrected chi connectivity index (χ3v) is 4.01. The van der Waals surface area contributed by atoms with Gasteiger partial charge in [-0.1, -0.05) is 0 Å². The normalized spacial score (nSPS) is 36.0. The van der Waals surface area contributed by atoms with Crippen molar-refractivity contribution in [2.75, 3.05) is 0 Å². The molecule has 2 saturated carbocycles. The Morgan fingerprint density at radius 3 is 2.50 bits per heavy atom. The number of hydrogen-bond acceptors (Lipinski definition) is 5. The van der Waals surface area contributed by atoms with Crippen LogP contribution in [0.15, 0.2) is 0 Å². The van der Waals surface area contributed by atoms with Crippen molar-refractivity contribution in [2.24, 2.45) is 23.3 Å². The minimum atomic E-state index is -1.49. The fourth-order valence-electron chi connectivity index (χ4n) is 2.80. The maximum atomic E-state index is 11.9. The van der Waals surface area contributed by atoms with Crippen molar-refractivity contribution in [1.82, 2.24) is 5.32 Å². The highest BCUT2D eigenvalue weighted by atomic mass is 16.4. The summed E-state index contributed by atoms with van der Waals surface area (Å²) in [5, 5.41) is 21.5. The fourth-order valence-corrected chi connectivity index (χ4v) is 2.80. The molecule has 0 unspecified atom stereocenters. The van der Waals surface area contributed by atoms with Gasteiger partial charge in [-0.25, -0.2) is 4.79 Å². The number of primary amides is 1. The molecule has 2 amide bonds. The molecule has 1 radical (unpaired) electrons. The maximum Gasteiger partial charge on any atom is 0.329 e. The molecule has 2 rings (SSSR count). The summed E-state index contributed by atoms with van der Waals surface area (Å²) in [5.41, 5.74) is 9.08. The molecule has 0 heterocycles. The van der Waals surface area contributed by atoms with Crippen molar-refractivity contribution in [1.29, 1.82) is 0 Å². The van der Waals surface area contributed by atoms with E-state index < -0.39 is 35.5 Å². The van der Waals surface area contributed by atoms with Crippen LogP contribution >= 0.6 is 0 Å². The molecule has 0 aromatic rings. The molecule has 0 saturated heterocycles. The molecule has 7 N–H and O–H groups in total. The van der Waals surface area contributed by atoms with Crippen LogP contribution < -0.4 is 16.8 Å². The molecule has 8 nitrogen and oxygen atoms in total. The lowest BCUT2D eigenvalue weighted by atomic mass is 9.91. The highest BCUT2D eigenvalue weighted by molar-refractivity contribution is 5.91. The third-order valence-electron chi connectivity index (χ3n) is 4.01. The molecule has 111 valence electrons. The number of amides is 2. The van der Waals surface area contributed by atoms with E-state index in [1.165, 1.54) is 0 Å². The van der Waals surface area contributed by atoms with Crippen LogP contribution in [0.25, 0.3) is 0 Å². The zero-order valence-corrected chi connectivity index (χ0v) is 10.8. The lowest BCUT2D eigenvalue weighted by Gasteiger charge is -2.29. The Bertz CT molecular complexity index is 454. The van der Waals surface area contributed by atoms with Crippen LogP contribution in [0.5, 0.6) is 0 Å². The quantitative estimate of drug-likeness (QED) is 0.370. The summed E-state index contributed by atoms with van der Waals surface area (Å²) in [6.07, 6.45) is 0.908. The third kappa shape index (κ3) is 2.48. The van der Waals surface area contributed by atoms with Gasteiger partial charge < -0.3 is 27.0 Å². The van der Waals surface area contributed by atoms with Gasteiger partial charge in [-0.2, -0.15) is 0 Å². The molecule has 0 aliphatic heterocycles. The Labute approximate surface area is 115 Å². The van der Waals surface area contributed by atoms with E-state index in [1.54, 1.807) is 6.42 Å². The fraction of sp³-hybridized carbons (Fsp3) is 0.667. The highest BCUT2D eigenvalue weighted by Gasteiger charge is 2.67. The second-order valence-corrected chi connectivity index (χ2v) is 5.44. The van der Waals surface area contributed by atoms with Crippen molar-refractivity contribution < 1.29 is 24.6 Å². The van der Waals surface area contributed by atoms with Crippen molar-refractivity contribution in [3.63, 3.8) is 0 Å². The predicted octanol–water partition coefficient (Wildman–Crippen LogP) is -2.27. The smallest absolute Gasteiger partial charge is 0.329 e. The molecular weight excluding hydrogens is 266 g/mol. The molecule has 5 atom stereocenters. The molecule has 20 heavy (non-hydrogen) atoms. The van der Waals surface area contributed by atoms with Gasteiger partial charge in [0.15, 0.2) is 0 Å². The Morgan fingerprint density at radius 2 is 2.10 bits per heavy atom. The van der Waals surface area contributed by atoms with Crippen molar-refractivity contribution in [3.05, 3.63) is 6.42 Å². The summed E-state index contributed by atoms with van der Waals surface area (Å²) >= 11 is 0. The van der Waals surface area contributed by atoms with E-state index in [0.29, 0.717) is 0 Å². The van der Waals surface area contributed by atoms with Gasteiger partial charge in [0.1, 0.15) is 5.54 Å². The molecule has 0 aromatic carbocycles. The van der Waals surface area contributed by atoms with E-state index in [4.69, 9.17) is 11.5 Å². The SMILES string of the molecule is NC(=O)CC[C@H](N)C(=O)N[C@@]1(C(=O)O)C[C@H](O)[C@H]2[CH][C@H]21. The average Bonchev–Trinajstić information content (AvgIpc) is 3.10. The number of carboxylic acid groups (broad SMARTS) is 1. The summed E-state index contributed by atoms with van der Waals surface area (Å²) in [7, 11) is 0. The van der Waals surface area contributed by atoms with Crippen LogP contribution in [0.4, 0.5) is 0 Å².